The van der Waals surface area contributed by atoms with Gasteiger partial charge < -0.3 is 19.9 Å². The number of fused-ring (bicyclic) bond motifs is 5. The van der Waals surface area contributed by atoms with Crippen molar-refractivity contribution < 1.29 is 34.1 Å². The van der Waals surface area contributed by atoms with Gasteiger partial charge in [-0.2, -0.15) is 0 Å². The maximum atomic E-state index is 14.2. The largest absolute Gasteiger partial charge is 0.507 e. The fraction of sp³-hybridized carbons (Fsp3) is 0.344. The van der Waals surface area contributed by atoms with Crippen molar-refractivity contribution in [2.45, 2.75) is 57.8 Å². The Balaban J connectivity index is 1.54. The van der Waals surface area contributed by atoms with Gasteiger partial charge in [-0.15, -0.1) is 0 Å². The first kappa shape index (κ1) is 26.7. The molecule has 0 aliphatic heterocycles. The third-order valence-corrected chi connectivity index (χ3v) is 9.02. The van der Waals surface area contributed by atoms with Gasteiger partial charge in [-0.05, 0) is 61.1 Å². The number of phenols is 2. The molecule has 1 aromatic heterocycles. The maximum absolute atomic E-state index is 14.2. The van der Waals surface area contributed by atoms with Gasteiger partial charge in [-0.3, -0.25) is 24.0 Å². The first-order valence-corrected chi connectivity index (χ1v) is 13.8. The van der Waals surface area contributed by atoms with E-state index in [1.54, 1.807) is 6.07 Å². The summed E-state index contributed by atoms with van der Waals surface area (Å²) in [5.74, 6) is -3.90. The predicted molar refractivity (Wildman–Crippen MR) is 149 cm³/mol. The van der Waals surface area contributed by atoms with E-state index in [1.165, 1.54) is 13.2 Å². The van der Waals surface area contributed by atoms with Crippen LogP contribution in [0.5, 0.6) is 11.5 Å². The van der Waals surface area contributed by atoms with Crippen molar-refractivity contribution >= 4 is 33.9 Å². The molecule has 0 bridgehead atoms. The number of pyridine rings is 1. The number of rotatable bonds is 5. The fourth-order valence-electron chi connectivity index (χ4n) is 6.65. The number of ketones is 4. The highest BCUT2D eigenvalue weighted by Crippen LogP contribution is 2.54. The van der Waals surface area contributed by atoms with Crippen molar-refractivity contribution in [1.29, 1.82) is 0 Å². The quantitative estimate of drug-likeness (QED) is 0.390. The van der Waals surface area contributed by atoms with Gasteiger partial charge in [0.15, 0.2) is 23.1 Å². The molecule has 3 N–H and O–H groups in total. The predicted octanol–water partition coefficient (Wildman–Crippen LogP) is 4.48. The van der Waals surface area contributed by atoms with Crippen LogP contribution in [-0.4, -0.2) is 45.4 Å². The van der Waals surface area contributed by atoms with Gasteiger partial charge in [-0.25, -0.2) is 0 Å². The number of aromatic amines is 1. The van der Waals surface area contributed by atoms with Gasteiger partial charge in [0, 0.05) is 28.5 Å². The molecule has 0 fully saturated rings. The summed E-state index contributed by atoms with van der Waals surface area (Å²) in [5.41, 5.74) is -2.23. The summed E-state index contributed by atoms with van der Waals surface area (Å²) in [4.78, 5) is 70.1. The fourth-order valence-corrected chi connectivity index (χ4v) is 6.65. The number of benzene rings is 2. The van der Waals surface area contributed by atoms with Crippen LogP contribution in [0, 0.1) is 5.92 Å². The Kier molecular flexibility index (Phi) is 6.02. The topological polar surface area (TPSA) is 151 Å². The lowest BCUT2D eigenvalue weighted by atomic mass is 9.66. The van der Waals surface area contributed by atoms with E-state index in [4.69, 9.17) is 4.74 Å². The summed E-state index contributed by atoms with van der Waals surface area (Å²) >= 11 is 0. The third-order valence-electron chi connectivity index (χ3n) is 9.02. The third kappa shape index (κ3) is 3.57. The molecule has 41 heavy (non-hydrogen) atoms. The van der Waals surface area contributed by atoms with E-state index in [0.717, 1.165) is 24.6 Å². The number of aromatic nitrogens is 1. The minimum Gasteiger partial charge on any atom is -0.507 e. The highest BCUT2D eigenvalue weighted by atomic mass is 16.5. The summed E-state index contributed by atoms with van der Waals surface area (Å²) in [6, 6.07) is 4.75. The zero-order valence-electron chi connectivity index (χ0n) is 23.0. The summed E-state index contributed by atoms with van der Waals surface area (Å²) in [5, 5.41) is 23.3. The van der Waals surface area contributed by atoms with Crippen LogP contribution in [0.2, 0.25) is 0 Å². The average molecular weight is 556 g/mol. The number of hydrogen-bond acceptors (Lipinski definition) is 8. The van der Waals surface area contributed by atoms with E-state index in [2.05, 4.69) is 18.8 Å². The van der Waals surface area contributed by atoms with Crippen LogP contribution in [0.25, 0.3) is 10.8 Å². The molecule has 6 rings (SSSR count). The molecule has 2 aromatic carbocycles. The molecule has 2 unspecified atom stereocenters. The minimum atomic E-state index is -1.90. The summed E-state index contributed by atoms with van der Waals surface area (Å²) in [6.45, 7) is 4.25. The number of carbonyl (C=O) groups is 4. The lowest BCUT2D eigenvalue weighted by Gasteiger charge is -2.34. The van der Waals surface area contributed by atoms with Gasteiger partial charge in [0.05, 0.1) is 23.6 Å². The summed E-state index contributed by atoms with van der Waals surface area (Å²) in [6.07, 6.45) is 4.47. The molecule has 0 amide bonds. The van der Waals surface area contributed by atoms with Gasteiger partial charge >= 0.3 is 0 Å². The second-order valence-corrected chi connectivity index (χ2v) is 11.3. The second kappa shape index (κ2) is 9.26. The Morgan fingerprint density at radius 2 is 1.76 bits per heavy atom. The molecule has 2 atom stereocenters. The van der Waals surface area contributed by atoms with Gasteiger partial charge in [0.2, 0.25) is 5.78 Å². The molecule has 1 spiro atoms. The monoisotopic (exact) mass is 555 g/mol. The number of aryl methyl sites for hydroxylation is 2. The number of nitrogens with one attached hydrogen (secondary N) is 1. The number of Topliss-reactive ketones (excluding diaryl/α,β-unsaturated/α-hetero) is 3. The number of aromatic hydroxyl groups is 2. The molecule has 1 heterocycles. The van der Waals surface area contributed by atoms with Crippen LogP contribution in [-0.2, 0) is 23.0 Å². The molecule has 9 heteroatoms. The van der Waals surface area contributed by atoms with Crippen LogP contribution in [0.1, 0.15) is 97.8 Å². The number of methoxy groups -OCH3 is 1. The summed E-state index contributed by atoms with van der Waals surface area (Å²) in [7, 11) is 1.21. The minimum absolute atomic E-state index is 0.0170. The van der Waals surface area contributed by atoms with E-state index < -0.39 is 51.2 Å². The average Bonchev–Trinajstić information content (AvgIpc) is 3.15. The van der Waals surface area contributed by atoms with E-state index in [9.17, 15) is 34.2 Å². The Labute approximate surface area is 234 Å². The molecule has 9 nitrogen and oxygen atoms in total. The number of allylic oxidation sites excluding steroid dienone is 2. The van der Waals surface area contributed by atoms with Crippen molar-refractivity contribution in [3.05, 3.63) is 79.5 Å². The van der Waals surface area contributed by atoms with Crippen molar-refractivity contribution in [3.63, 3.8) is 0 Å². The Morgan fingerprint density at radius 3 is 2.46 bits per heavy atom. The zero-order chi connectivity index (χ0) is 29.4. The normalized spacial score (nSPS) is 20.2. The van der Waals surface area contributed by atoms with Crippen molar-refractivity contribution in [3.8, 4) is 11.5 Å². The highest BCUT2D eigenvalue weighted by molar-refractivity contribution is 6.37. The van der Waals surface area contributed by atoms with Gasteiger partial charge in [0.1, 0.15) is 16.9 Å². The van der Waals surface area contributed by atoms with Crippen LogP contribution in [0.15, 0.2) is 34.8 Å². The summed E-state index contributed by atoms with van der Waals surface area (Å²) < 4.78 is 4.98. The van der Waals surface area contributed by atoms with Gasteiger partial charge in [-0.1, -0.05) is 26.3 Å². The lowest BCUT2D eigenvalue weighted by Crippen LogP contribution is -2.41. The lowest BCUT2D eigenvalue weighted by molar-refractivity contribution is 0.0770. The van der Waals surface area contributed by atoms with E-state index in [-0.39, 0.29) is 39.8 Å². The standard InChI is InChI=1S/C32H29NO8/c1-4-14(2)7-8-17-11-16-10-15-6-5-9-32(25(15)28(37)22(16)31(40)33-17)29(38)19-12-18-20(34)13-21(41-3)26(35)23(18)27(36)24(19)30(32)39/h10-14,36-37H,4-9H2,1-3H3,(H,33,40). The highest BCUT2D eigenvalue weighted by Gasteiger charge is 2.59. The van der Waals surface area contributed by atoms with Crippen LogP contribution >= 0.6 is 0 Å². The molecule has 3 aliphatic carbocycles. The van der Waals surface area contributed by atoms with Gasteiger partial charge in [0.25, 0.3) is 5.56 Å². The number of H-pyrrole nitrogens is 1. The Morgan fingerprint density at radius 1 is 1.00 bits per heavy atom. The molecule has 0 radical (unpaired) electrons. The molecular weight excluding hydrogens is 526 g/mol. The van der Waals surface area contributed by atoms with Crippen molar-refractivity contribution in [2.75, 3.05) is 7.11 Å². The molecule has 3 aromatic rings. The van der Waals surface area contributed by atoms with Crippen LogP contribution in [0.3, 0.4) is 0 Å². The van der Waals surface area contributed by atoms with E-state index in [0.29, 0.717) is 36.1 Å². The number of carbonyl (C=O) groups excluding carboxylic acids is 4. The first-order chi connectivity index (χ1) is 19.5. The molecule has 0 saturated carbocycles. The smallest absolute Gasteiger partial charge is 0.259 e. The number of ether oxygens (including phenoxy) is 1. The SMILES string of the molecule is CCC(C)CCc1cc2cc3c(c(O)c2c(=O)[nH]1)C1(CCC3)C(=O)c2cc3c(c(O)c2C1=O)C(=O)C(OC)=CC3=O. The number of phenolic OH excluding ortho intramolecular Hbond substituents is 2. The molecular formula is C32H29NO8. The number of hydrogen-bond donors (Lipinski definition) is 3. The zero-order valence-corrected chi connectivity index (χ0v) is 23.0. The van der Waals surface area contributed by atoms with E-state index in [1.807, 2.05) is 6.07 Å². The maximum Gasteiger partial charge on any atom is 0.259 e. The Hall–Kier alpha value is -4.53. The van der Waals surface area contributed by atoms with Crippen molar-refractivity contribution in [2.24, 2.45) is 5.92 Å². The first-order valence-electron chi connectivity index (χ1n) is 13.8. The molecule has 210 valence electrons. The second-order valence-electron chi connectivity index (χ2n) is 11.3. The van der Waals surface area contributed by atoms with Crippen LogP contribution in [0.4, 0.5) is 0 Å². The van der Waals surface area contributed by atoms with E-state index >= 15 is 0 Å². The Bertz CT molecular complexity index is 1830. The van der Waals surface area contributed by atoms with Crippen molar-refractivity contribution in [1.82, 2.24) is 4.98 Å². The van der Waals surface area contributed by atoms with Crippen LogP contribution < -0.4 is 5.56 Å². The molecule has 3 aliphatic rings. The molecule has 0 saturated heterocycles.